The van der Waals surface area contributed by atoms with Crippen molar-refractivity contribution in [2.45, 2.75) is 26.8 Å². The lowest BCUT2D eigenvalue weighted by Gasteiger charge is -2.20. The average Bonchev–Trinajstić information content (AvgIpc) is 2.55. The largest absolute Gasteiger partial charge is 0.489 e. The van der Waals surface area contributed by atoms with E-state index in [1.54, 1.807) is 6.08 Å². The fourth-order valence-electron chi connectivity index (χ4n) is 2.49. The summed E-state index contributed by atoms with van der Waals surface area (Å²) in [6.45, 7) is 10.5. The van der Waals surface area contributed by atoms with Crippen LogP contribution in [0.5, 0.6) is 5.75 Å². The maximum absolute atomic E-state index is 5.53. The summed E-state index contributed by atoms with van der Waals surface area (Å²) in [7, 11) is 0. The van der Waals surface area contributed by atoms with Gasteiger partial charge in [0, 0.05) is 11.8 Å². The number of ether oxygens (including phenoxy) is 1. The van der Waals surface area contributed by atoms with Crippen LogP contribution >= 0.6 is 12.2 Å². The molecule has 0 heterocycles. The Hall–Kier alpha value is -2.33. The van der Waals surface area contributed by atoms with Crippen molar-refractivity contribution in [2.24, 2.45) is 0 Å². The molecule has 0 fully saturated rings. The Morgan fingerprint density at radius 2 is 2.04 bits per heavy atom. The zero-order chi connectivity index (χ0) is 17.5. The summed E-state index contributed by atoms with van der Waals surface area (Å²) in [5, 5.41) is 7.13. The minimum Gasteiger partial charge on any atom is -0.489 e. The van der Waals surface area contributed by atoms with Crippen LogP contribution in [0.3, 0.4) is 0 Å². The molecule has 0 aliphatic carbocycles. The van der Waals surface area contributed by atoms with Gasteiger partial charge >= 0.3 is 0 Å². The Bertz CT molecular complexity index is 727. The van der Waals surface area contributed by atoms with Crippen LogP contribution in [0.2, 0.25) is 0 Å². The van der Waals surface area contributed by atoms with Gasteiger partial charge in [0.25, 0.3) is 0 Å². The van der Waals surface area contributed by atoms with E-state index in [4.69, 9.17) is 17.0 Å². The molecular weight excluding hydrogens is 316 g/mol. The van der Waals surface area contributed by atoms with Crippen molar-refractivity contribution in [1.29, 1.82) is 0 Å². The molecule has 0 aliphatic rings. The summed E-state index contributed by atoms with van der Waals surface area (Å²) in [6.07, 6.45) is 1.72. The van der Waals surface area contributed by atoms with Crippen molar-refractivity contribution < 1.29 is 4.74 Å². The van der Waals surface area contributed by atoms with Crippen LogP contribution in [0.4, 0.5) is 5.69 Å². The molecule has 0 spiro atoms. The van der Waals surface area contributed by atoms with Crippen molar-refractivity contribution in [3.8, 4) is 5.75 Å². The normalized spacial score (nSPS) is 11.5. The van der Waals surface area contributed by atoms with Crippen LogP contribution < -0.4 is 15.4 Å². The number of benzene rings is 2. The van der Waals surface area contributed by atoms with E-state index in [0.717, 1.165) is 11.4 Å². The van der Waals surface area contributed by atoms with Crippen LogP contribution in [0, 0.1) is 13.8 Å². The molecule has 0 bridgehead atoms. The highest BCUT2D eigenvalue weighted by molar-refractivity contribution is 7.80. The minimum absolute atomic E-state index is 0.130. The van der Waals surface area contributed by atoms with Gasteiger partial charge in [0.1, 0.15) is 12.4 Å². The average molecular weight is 340 g/mol. The second-order valence-corrected chi connectivity index (χ2v) is 6.22. The molecule has 1 atom stereocenters. The standard InChI is InChI=1S/C20H24N2OS/c1-5-11-23-18-8-6-7-17(13-18)22-20(24)21-16(4)19-12-14(2)9-10-15(19)3/h5-10,12-13,16H,1,11H2,2-4H3,(H2,21,22,24)/t16-/m0/s1. The van der Waals surface area contributed by atoms with Gasteiger partial charge in [0.15, 0.2) is 5.11 Å². The molecule has 0 radical (unpaired) electrons. The predicted octanol–water partition coefficient (Wildman–Crippen LogP) is 4.92. The minimum atomic E-state index is 0.130. The number of rotatable bonds is 6. The van der Waals surface area contributed by atoms with E-state index in [9.17, 15) is 0 Å². The van der Waals surface area contributed by atoms with Gasteiger partial charge < -0.3 is 15.4 Å². The summed E-state index contributed by atoms with van der Waals surface area (Å²) < 4.78 is 5.53. The molecule has 0 saturated carbocycles. The molecular formula is C20H24N2OS. The van der Waals surface area contributed by atoms with Gasteiger partial charge in [0.05, 0.1) is 6.04 Å². The van der Waals surface area contributed by atoms with E-state index in [-0.39, 0.29) is 6.04 Å². The second-order valence-electron chi connectivity index (χ2n) is 5.81. The van der Waals surface area contributed by atoms with Crippen molar-refractivity contribution >= 4 is 23.0 Å². The van der Waals surface area contributed by atoms with E-state index in [1.165, 1.54) is 16.7 Å². The van der Waals surface area contributed by atoms with E-state index >= 15 is 0 Å². The molecule has 3 nitrogen and oxygen atoms in total. The highest BCUT2D eigenvalue weighted by atomic mass is 32.1. The van der Waals surface area contributed by atoms with Crippen LogP contribution in [-0.4, -0.2) is 11.7 Å². The Morgan fingerprint density at radius 3 is 2.79 bits per heavy atom. The smallest absolute Gasteiger partial charge is 0.171 e. The number of anilines is 1. The zero-order valence-corrected chi connectivity index (χ0v) is 15.2. The fourth-order valence-corrected chi connectivity index (χ4v) is 2.78. The third-order valence-corrected chi connectivity index (χ3v) is 3.93. The molecule has 0 amide bonds. The third-order valence-electron chi connectivity index (χ3n) is 3.71. The second kappa shape index (κ2) is 8.50. The highest BCUT2D eigenvalue weighted by Crippen LogP contribution is 2.20. The zero-order valence-electron chi connectivity index (χ0n) is 14.4. The molecule has 0 unspecified atom stereocenters. The van der Waals surface area contributed by atoms with Gasteiger partial charge in [-0.25, -0.2) is 0 Å². The summed E-state index contributed by atoms with van der Waals surface area (Å²) >= 11 is 5.44. The lowest BCUT2D eigenvalue weighted by Crippen LogP contribution is -2.31. The van der Waals surface area contributed by atoms with Crippen LogP contribution in [-0.2, 0) is 0 Å². The highest BCUT2D eigenvalue weighted by Gasteiger charge is 2.10. The SMILES string of the molecule is C=CCOc1cccc(NC(=S)N[C@@H](C)c2cc(C)ccc2C)c1. The van der Waals surface area contributed by atoms with E-state index in [1.807, 2.05) is 24.3 Å². The summed E-state index contributed by atoms with van der Waals surface area (Å²) in [4.78, 5) is 0. The maximum atomic E-state index is 5.53. The number of nitrogens with one attached hydrogen (secondary N) is 2. The summed E-state index contributed by atoms with van der Waals surface area (Å²) in [6, 6.07) is 14.3. The van der Waals surface area contributed by atoms with E-state index < -0.39 is 0 Å². The summed E-state index contributed by atoms with van der Waals surface area (Å²) in [5.41, 5.74) is 4.64. The molecule has 0 aromatic heterocycles. The van der Waals surface area contributed by atoms with Gasteiger partial charge in [-0.1, -0.05) is 42.5 Å². The van der Waals surface area contributed by atoms with Crippen LogP contribution in [0.15, 0.2) is 55.1 Å². The molecule has 0 saturated heterocycles. The van der Waals surface area contributed by atoms with Gasteiger partial charge in [-0.2, -0.15) is 0 Å². The topological polar surface area (TPSA) is 33.3 Å². The van der Waals surface area contributed by atoms with Gasteiger partial charge in [-0.05, 0) is 56.2 Å². The van der Waals surface area contributed by atoms with Gasteiger partial charge in [-0.3, -0.25) is 0 Å². The lowest BCUT2D eigenvalue weighted by molar-refractivity contribution is 0.363. The number of thiocarbonyl (C=S) groups is 1. The molecule has 2 aromatic rings. The van der Waals surface area contributed by atoms with Crippen molar-refractivity contribution in [1.82, 2.24) is 5.32 Å². The predicted molar refractivity (Wildman–Crippen MR) is 106 cm³/mol. The number of hydrogen-bond acceptors (Lipinski definition) is 2. The van der Waals surface area contributed by atoms with Crippen LogP contribution in [0.1, 0.15) is 29.7 Å². The van der Waals surface area contributed by atoms with Crippen molar-refractivity contribution in [2.75, 3.05) is 11.9 Å². The first-order valence-corrected chi connectivity index (χ1v) is 8.39. The molecule has 2 rings (SSSR count). The van der Waals surface area contributed by atoms with E-state index in [0.29, 0.717) is 11.7 Å². The molecule has 0 aliphatic heterocycles. The molecule has 2 aromatic carbocycles. The number of aryl methyl sites for hydroxylation is 2. The van der Waals surface area contributed by atoms with Gasteiger partial charge in [0.2, 0.25) is 0 Å². The maximum Gasteiger partial charge on any atom is 0.171 e. The van der Waals surface area contributed by atoms with E-state index in [2.05, 4.69) is 56.2 Å². The first-order valence-electron chi connectivity index (χ1n) is 7.98. The Morgan fingerprint density at radius 1 is 1.25 bits per heavy atom. The summed E-state index contributed by atoms with van der Waals surface area (Å²) in [5.74, 6) is 0.783. The monoisotopic (exact) mass is 340 g/mol. The molecule has 24 heavy (non-hydrogen) atoms. The van der Waals surface area contributed by atoms with Crippen molar-refractivity contribution in [3.05, 3.63) is 71.8 Å². The van der Waals surface area contributed by atoms with Crippen LogP contribution in [0.25, 0.3) is 0 Å². The third kappa shape index (κ3) is 5.10. The first kappa shape index (κ1) is 18.0. The fraction of sp³-hybridized carbons (Fsp3) is 0.250. The van der Waals surface area contributed by atoms with Gasteiger partial charge in [-0.15, -0.1) is 0 Å². The Balaban J connectivity index is 2.00. The molecule has 2 N–H and O–H groups in total. The molecule has 126 valence electrons. The number of hydrogen-bond donors (Lipinski definition) is 2. The first-order chi connectivity index (χ1) is 11.5. The Kier molecular flexibility index (Phi) is 6.38. The quantitative estimate of drug-likeness (QED) is 0.578. The lowest BCUT2D eigenvalue weighted by atomic mass is 10.0. The van der Waals surface area contributed by atoms with Crippen molar-refractivity contribution in [3.63, 3.8) is 0 Å². The molecule has 4 heteroatoms. The Labute approximate surface area is 149 Å².